The molecule has 102 valence electrons. The van der Waals surface area contributed by atoms with E-state index in [1.54, 1.807) is 7.11 Å². The molecule has 0 saturated carbocycles. The van der Waals surface area contributed by atoms with E-state index in [0.29, 0.717) is 0 Å². The van der Waals surface area contributed by atoms with Gasteiger partial charge in [0, 0.05) is 13.1 Å². The van der Waals surface area contributed by atoms with Crippen LogP contribution in [0, 0.1) is 29.6 Å². The molecule has 1 unspecified atom stereocenters. The highest BCUT2D eigenvalue weighted by Gasteiger charge is 2.36. The fourth-order valence-corrected chi connectivity index (χ4v) is 2.85. The molecule has 1 saturated heterocycles. The lowest BCUT2D eigenvalue weighted by Crippen LogP contribution is -2.45. The number of nitriles is 1. The number of ether oxygens (including phenoxy) is 1. The van der Waals surface area contributed by atoms with Gasteiger partial charge in [-0.2, -0.15) is 5.26 Å². The zero-order chi connectivity index (χ0) is 14.0. The zero-order valence-corrected chi connectivity index (χ0v) is 12.2. The smallest absolute Gasteiger partial charge is 0.142 e. The Hall–Kier alpha value is -1.69. The van der Waals surface area contributed by atoms with E-state index < -0.39 is 0 Å². The Morgan fingerprint density at radius 3 is 2.74 bits per heavy atom. The number of piperidine rings is 1. The van der Waals surface area contributed by atoms with Crippen molar-refractivity contribution in [2.75, 3.05) is 25.1 Å². The van der Waals surface area contributed by atoms with Crippen molar-refractivity contribution in [2.24, 2.45) is 11.3 Å². The summed E-state index contributed by atoms with van der Waals surface area (Å²) in [6, 6.07) is 8.70. The minimum Gasteiger partial charge on any atom is -0.495 e. The van der Waals surface area contributed by atoms with Crippen LogP contribution in [0.15, 0.2) is 18.2 Å². The molecule has 2 rings (SSSR count). The fourth-order valence-electron chi connectivity index (χ4n) is 2.85. The Morgan fingerprint density at radius 1 is 1.42 bits per heavy atom. The number of rotatable bonds is 2. The molecule has 1 aliphatic heterocycles. The normalized spacial score (nSPS) is 21.8. The molecule has 0 amide bonds. The second-order valence-corrected chi connectivity index (χ2v) is 6.06. The Labute approximate surface area is 115 Å². The summed E-state index contributed by atoms with van der Waals surface area (Å²) in [6.45, 7) is 8.26. The van der Waals surface area contributed by atoms with Crippen LogP contribution < -0.4 is 9.64 Å². The largest absolute Gasteiger partial charge is 0.495 e. The van der Waals surface area contributed by atoms with Crippen LogP contribution in [-0.4, -0.2) is 20.2 Å². The van der Waals surface area contributed by atoms with E-state index >= 15 is 0 Å². The maximum atomic E-state index is 9.24. The van der Waals surface area contributed by atoms with Crippen molar-refractivity contribution in [2.45, 2.75) is 27.2 Å². The van der Waals surface area contributed by atoms with Gasteiger partial charge in [0.15, 0.2) is 0 Å². The summed E-state index contributed by atoms with van der Waals surface area (Å²) in [5.41, 5.74) is 2.39. The molecule has 1 heterocycles. The molecule has 0 spiro atoms. The van der Waals surface area contributed by atoms with Crippen LogP contribution in [-0.2, 0) is 0 Å². The second kappa shape index (κ2) is 5.13. The summed E-state index contributed by atoms with van der Waals surface area (Å²) in [5.74, 6) is 1.05. The number of nitrogens with zero attached hydrogens (tertiary/aromatic N) is 2. The third kappa shape index (κ3) is 2.68. The van der Waals surface area contributed by atoms with Gasteiger partial charge >= 0.3 is 0 Å². The molecule has 3 nitrogen and oxygen atoms in total. The van der Waals surface area contributed by atoms with Crippen molar-refractivity contribution in [3.8, 4) is 11.8 Å². The van der Waals surface area contributed by atoms with Crippen molar-refractivity contribution in [3.05, 3.63) is 23.8 Å². The van der Waals surface area contributed by atoms with Crippen molar-refractivity contribution >= 4 is 5.69 Å². The Bertz CT molecular complexity index is 502. The van der Waals surface area contributed by atoms with Gasteiger partial charge in [-0.3, -0.25) is 0 Å². The van der Waals surface area contributed by atoms with Crippen LogP contribution in [0.2, 0.25) is 0 Å². The molecule has 0 aliphatic carbocycles. The number of anilines is 1. The molecule has 1 atom stereocenters. The van der Waals surface area contributed by atoms with Gasteiger partial charge in [0.05, 0.1) is 24.8 Å². The van der Waals surface area contributed by atoms with Crippen LogP contribution in [0.5, 0.6) is 5.75 Å². The lowest BCUT2D eigenvalue weighted by atomic mass is 9.74. The molecular weight excluding hydrogens is 236 g/mol. The zero-order valence-electron chi connectivity index (χ0n) is 12.2. The molecule has 1 aromatic rings. The maximum Gasteiger partial charge on any atom is 0.142 e. The Morgan fingerprint density at radius 2 is 2.16 bits per heavy atom. The average molecular weight is 258 g/mol. The molecule has 1 aromatic carbocycles. The molecule has 1 fully saturated rings. The van der Waals surface area contributed by atoms with Gasteiger partial charge in [-0.25, -0.2) is 0 Å². The molecule has 0 N–H and O–H groups in total. The Balaban J connectivity index is 2.29. The predicted molar refractivity (Wildman–Crippen MR) is 77.4 cm³/mol. The van der Waals surface area contributed by atoms with E-state index in [1.807, 2.05) is 6.07 Å². The monoisotopic (exact) mass is 258 g/mol. The van der Waals surface area contributed by atoms with Gasteiger partial charge in [-0.15, -0.1) is 0 Å². The highest BCUT2D eigenvalue weighted by molar-refractivity contribution is 5.60. The number of aryl methyl sites for hydroxylation is 1. The number of hydrogen-bond donors (Lipinski definition) is 0. The molecule has 1 aliphatic rings. The van der Waals surface area contributed by atoms with E-state index in [0.717, 1.165) is 30.9 Å². The van der Waals surface area contributed by atoms with E-state index in [1.165, 1.54) is 5.56 Å². The van der Waals surface area contributed by atoms with E-state index in [4.69, 9.17) is 4.74 Å². The molecular formula is C16H22N2O. The van der Waals surface area contributed by atoms with Crippen molar-refractivity contribution < 1.29 is 4.74 Å². The highest BCUT2D eigenvalue weighted by Crippen LogP contribution is 2.39. The van der Waals surface area contributed by atoms with E-state index in [2.05, 4.69) is 43.9 Å². The summed E-state index contributed by atoms with van der Waals surface area (Å²) >= 11 is 0. The SMILES string of the molecule is COc1ccc(C)cc1N1CCC(C#N)C(C)(C)C1. The second-order valence-electron chi connectivity index (χ2n) is 6.06. The van der Waals surface area contributed by atoms with Crippen molar-refractivity contribution in [1.82, 2.24) is 0 Å². The number of methoxy groups -OCH3 is 1. The van der Waals surface area contributed by atoms with Crippen LogP contribution >= 0.6 is 0 Å². The summed E-state index contributed by atoms with van der Waals surface area (Å²) in [4.78, 5) is 2.35. The fraction of sp³-hybridized carbons (Fsp3) is 0.562. The van der Waals surface area contributed by atoms with Gasteiger partial charge in [0.1, 0.15) is 5.75 Å². The lowest BCUT2D eigenvalue weighted by Gasteiger charge is -2.42. The summed E-state index contributed by atoms with van der Waals surface area (Å²) in [6.07, 6.45) is 0.917. The molecule has 0 radical (unpaired) electrons. The minimum atomic E-state index is 0.0156. The maximum absolute atomic E-state index is 9.24. The van der Waals surface area contributed by atoms with Crippen LogP contribution in [0.1, 0.15) is 25.8 Å². The van der Waals surface area contributed by atoms with Crippen molar-refractivity contribution in [1.29, 1.82) is 5.26 Å². The summed E-state index contributed by atoms with van der Waals surface area (Å²) in [5, 5.41) is 9.24. The minimum absolute atomic E-state index is 0.0156. The summed E-state index contributed by atoms with van der Waals surface area (Å²) in [7, 11) is 1.71. The third-order valence-electron chi connectivity index (χ3n) is 4.06. The van der Waals surface area contributed by atoms with E-state index in [9.17, 15) is 5.26 Å². The highest BCUT2D eigenvalue weighted by atomic mass is 16.5. The molecule has 0 bridgehead atoms. The first-order valence-electron chi connectivity index (χ1n) is 6.77. The van der Waals surface area contributed by atoms with Crippen LogP contribution in [0.4, 0.5) is 5.69 Å². The molecule has 19 heavy (non-hydrogen) atoms. The third-order valence-corrected chi connectivity index (χ3v) is 4.06. The van der Waals surface area contributed by atoms with Gasteiger partial charge in [0.2, 0.25) is 0 Å². The molecule has 3 heteroatoms. The number of benzene rings is 1. The van der Waals surface area contributed by atoms with Gasteiger partial charge in [-0.1, -0.05) is 19.9 Å². The quantitative estimate of drug-likeness (QED) is 0.816. The van der Waals surface area contributed by atoms with Crippen molar-refractivity contribution in [3.63, 3.8) is 0 Å². The first-order chi connectivity index (χ1) is 8.97. The van der Waals surface area contributed by atoms with Gasteiger partial charge < -0.3 is 9.64 Å². The van der Waals surface area contributed by atoms with Gasteiger partial charge in [-0.05, 0) is 36.5 Å². The molecule has 0 aromatic heterocycles. The van der Waals surface area contributed by atoms with Crippen LogP contribution in [0.3, 0.4) is 0 Å². The lowest BCUT2D eigenvalue weighted by molar-refractivity contribution is 0.225. The van der Waals surface area contributed by atoms with Crippen LogP contribution in [0.25, 0.3) is 0 Å². The van der Waals surface area contributed by atoms with Gasteiger partial charge in [0.25, 0.3) is 0 Å². The first kappa shape index (κ1) is 13.7. The average Bonchev–Trinajstić information content (AvgIpc) is 2.37. The van der Waals surface area contributed by atoms with E-state index in [-0.39, 0.29) is 11.3 Å². The number of hydrogen-bond acceptors (Lipinski definition) is 3. The standard InChI is InChI=1S/C16H22N2O/c1-12-5-6-15(19-4)14(9-12)18-8-7-13(10-17)16(2,3)11-18/h5-6,9,13H,7-8,11H2,1-4H3. The topological polar surface area (TPSA) is 36.3 Å². The first-order valence-corrected chi connectivity index (χ1v) is 6.77. The summed E-state index contributed by atoms with van der Waals surface area (Å²) < 4.78 is 5.47. The Kier molecular flexibility index (Phi) is 3.71. The predicted octanol–water partition coefficient (Wildman–Crippen LogP) is 3.38.